The van der Waals surface area contributed by atoms with E-state index in [2.05, 4.69) is 20.9 Å². The third-order valence-corrected chi connectivity index (χ3v) is 3.06. The summed E-state index contributed by atoms with van der Waals surface area (Å²) < 4.78 is 5.22. The number of nitrogens with one attached hydrogen (secondary N) is 2. The minimum Gasteiger partial charge on any atom is -0.444 e. The summed E-state index contributed by atoms with van der Waals surface area (Å²) in [7, 11) is 0. The molecule has 139 valence electrons. The summed E-state index contributed by atoms with van der Waals surface area (Å²) in [5.74, 6) is -0.264. The number of carbonyl (C=O) groups is 2. The molecule has 8 heteroatoms. The Labute approximate surface area is 152 Å². The van der Waals surface area contributed by atoms with Gasteiger partial charge in [-0.15, -0.1) is 0 Å². The topological polar surface area (TPSA) is 120 Å². The summed E-state index contributed by atoms with van der Waals surface area (Å²) in [5, 5.41) is 9.60. The molecule has 0 fully saturated rings. The molecular formula is C18H24N5O3. The molecule has 1 aliphatic rings. The molecule has 0 atom stereocenters. The number of nitrogens with zero attached hydrogens (tertiary/aromatic N) is 2. The first-order valence-electron chi connectivity index (χ1n) is 8.25. The number of nitrogens with two attached hydrogens (primary N) is 1. The van der Waals surface area contributed by atoms with Crippen LogP contribution in [0.1, 0.15) is 40.2 Å². The fourth-order valence-corrected chi connectivity index (χ4v) is 2.18. The largest absolute Gasteiger partial charge is 0.444 e. The van der Waals surface area contributed by atoms with Gasteiger partial charge in [0.05, 0.1) is 11.9 Å². The van der Waals surface area contributed by atoms with Crippen molar-refractivity contribution in [1.29, 1.82) is 0 Å². The maximum absolute atomic E-state index is 12.1. The second-order valence-corrected chi connectivity index (χ2v) is 7.18. The molecule has 0 saturated carbocycles. The normalized spacial score (nSPS) is 14.3. The summed E-state index contributed by atoms with van der Waals surface area (Å²) in [6.45, 7) is 9.13. The lowest BCUT2D eigenvalue weighted by atomic mass is 10.1. The number of anilines is 2. The standard InChI is InChI=1S/C18H24N5O3/c1-10(2)21-15-16(24)23-14(9-20-15)11-6-12(19)8-13(7-11)22-17(25)26-18(3,4)5/h6-10H,19H2,1-5H3,(H,20,21)(H,22,25). The zero-order chi connectivity index (χ0) is 19.5. The fourth-order valence-electron chi connectivity index (χ4n) is 2.18. The van der Waals surface area contributed by atoms with Crippen LogP contribution in [0.4, 0.5) is 16.2 Å². The quantitative estimate of drug-likeness (QED) is 0.717. The average Bonchev–Trinajstić information content (AvgIpc) is 2.46. The number of ether oxygens (including phenoxy) is 1. The van der Waals surface area contributed by atoms with Crippen LogP contribution < -0.4 is 21.7 Å². The Morgan fingerprint density at radius 2 is 1.92 bits per heavy atom. The number of rotatable bonds is 3. The molecule has 0 bridgehead atoms. The Balaban J connectivity index is 2.22. The van der Waals surface area contributed by atoms with Gasteiger partial charge in [0.2, 0.25) is 0 Å². The predicted octanol–water partition coefficient (Wildman–Crippen LogP) is 2.46. The monoisotopic (exact) mass is 358 g/mol. The van der Waals surface area contributed by atoms with Crippen molar-refractivity contribution in [2.75, 3.05) is 11.1 Å². The van der Waals surface area contributed by atoms with Gasteiger partial charge < -0.3 is 15.8 Å². The van der Waals surface area contributed by atoms with E-state index in [9.17, 15) is 9.59 Å². The molecule has 2 amide bonds. The highest BCUT2D eigenvalue weighted by atomic mass is 16.6. The van der Waals surface area contributed by atoms with Crippen molar-refractivity contribution in [3.63, 3.8) is 0 Å². The third-order valence-electron chi connectivity index (χ3n) is 3.06. The van der Waals surface area contributed by atoms with Crippen molar-refractivity contribution in [3.8, 4) is 0 Å². The highest BCUT2D eigenvalue weighted by Crippen LogP contribution is 2.24. The minimum atomic E-state index is -0.616. The summed E-state index contributed by atoms with van der Waals surface area (Å²) in [6, 6.07) is 4.96. The van der Waals surface area contributed by atoms with Gasteiger partial charge >= 0.3 is 12.0 Å². The molecule has 0 spiro atoms. The van der Waals surface area contributed by atoms with Crippen LogP contribution in [0.5, 0.6) is 0 Å². The van der Waals surface area contributed by atoms with Crippen LogP contribution >= 0.6 is 0 Å². The van der Waals surface area contributed by atoms with E-state index in [0.717, 1.165) is 0 Å². The lowest BCUT2D eigenvalue weighted by Crippen LogP contribution is -2.41. The van der Waals surface area contributed by atoms with E-state index in [1.807, 2.05) is 13.8 Å². The maximum Gasteiger partial charge on any atom is 0.412 e. The number of nitrogen functional groups attached to an aromatic ring is 1. The molecular weight excluding hydrogens is 334 g/mol. The Bertz CT molecular complexity index is 776. The van der Waals surface area contributed by atoms with Crippen LogP contribution in [-0.4, -0.2) is 29.5 Å². The van der Waals surface area contributed by atoms with E-state index in [-0.39, 0.29) is 11.9 Å². The zero-order valence-corrected chi connectivity index (χ0v) is 15.6. The van der Waals surface area contributed by atoms with E-state index in [0.29, 0.717) is 22.6 Å². The molecule has 0 aromatic heterocycles. The van der Waals surface area contributed by atoms with Crippen LogP contribution in [0.3, 0.4) is 0 Å². The molecule has 0 unspecified atom stereocenters. The van der Waals surface area contributed by atoms with Crippen molar-refractivity contribution in [3.05, 3.63) is 30.0 Å². The SMILES string of the molecule is CC(C)NC1=NC=C(c2cc(N)cc(NC(=O)OC(C)(C)C)c2)[N]C1=O. The maximum atomic E-state index is 12.1. The molecule has 8 nitrogen and oxygen atoms in total. The second kappa shape index (κ2) is 7.47. The highest BCUT2D eigenvalue weighted by Gasteiger charge is 2.21. The van der Waals surface area contributed by atoms with Crippen LogP contribution in [-0.2, 0) is 9.53 Å². The van der Waals surface area contributed by atoms with Gasteiger partial charge in [-0.3, -0.25) is 10.1 Å². The zero-order valence-electron chi connectivity index (χ0n) is 15.6. The number of carbonyl (C=O) groups excluding carboxylic acids is 2. The first-order chi connectivity index (χ1) is 12.0. The Morgan fingerprint density at radius 3 is 2.50 bits per heavy atom. The molecule has 26 heavy (non-hydrogen) atoms. The van der Waals surface area contributed by atoms with Crippen LogP contribution in [0, 0.1) is 0 Å². The molecule has 1 aliphatic heterocycles. The van der Waals surface area contributed by atoms with Gasteiger partial charge in [0.15, 0.2) is 5.84 Å². The lowest BCUT2D eigenvalue weighted by Gasteiger charge is -2.20. The smallest absolute Gasteiger partial charge is 0.412 e. The number of amidine groups is 1. The summed E-state index contributed by atoms with van der Waals surface area (Å²) in [5.41, 5.74) is 7.07. The highest BCUT2D eigenvalue weighted by molar-refractivity contribution is 6.40. The van der Waals surface area contributed by atoms with Gasteiger partial charge in [0.1, 0.15) is 5.60 Å². The fraction of sp³-hybridized carbons (Fsp3) is 0.389. The van der Waals surface area contributed by atoms with Crippen LogP contribution in [0.25, 0.3) is 5.70 Å². The molecule has 4 N–H and O–H groups in total. The number of hydrogen-bond acceptors (Lipinski definition) is 6. The minimum absolute atomic E-state index is 0.0693. The molecule has 1 aromatic rings. The van der Waals surface area contributed by atoms with E-state index < -0.39 is 17.6 Å². The predicted molar refractivity (Wildman–Crippen MR) is 102 cm³/mol. The summed E-state index contributed by atoms with van der Waals surface area (Å²) in [6.07, 6.45) is 0.888. The van der Waals surface area contributed by atoms with E-state index >= 15 is 0 Å². The van der Waals surface area contributed by atoms with Crippen LogP contribution in [0.2, 0.25) is 0 Å². The number of amides is 2. The van der Waals surface area contributed by atoms with Crippen molar-refractivity contribution in [1.82, 2.24) is 10.6 Å². The van der Waals surface area contributed by atoms with E-state index in [1.54, 1.807) is 39.0 Å². The molecule has 1 radical (unpaired) electrons. The number of benzene rings is 1. The van der Waals surface area contributed by atoms with Crippen molar-refractivity contribution in [2.24, 2.45) is 4.99 Å². The van der Waals surface area contributed by atoms with Gasteiger partial charge in [-0.25, -0.2) is 15.1 Å². The molecule has 0 aliphatic carbocycles. The van der Waals surface area contributed by atoms with Crippen molar-refractivity contribution >= 4 is 34.9 Å². The summed E-state index contributed by atoms with van der Waals surface area (Å²) in [4.78, 5) is 28.1. The third kappa shape index (κ3) is 5.51. The number of hydrogen-bond donors (Lipinski definition) is 3. The van der Waals surface area contributed by atoms with E-state index in [1.165, 1.54) is 6.20 Å². The molecule has 2 rings (SSSR count). The van der Waals surface area contributed by atoms with Gasteiger partial charge in [0, 0.05) is 23.0 Å². The van der Waals surface area contributed by atoms with Gasteiger partial charge in [0.25, 0.3) is 0 Å². The first kappa shape index (κ1) is 19.3. The average molecular weight is 358 g/mol. The Hall–Kier alpha value is -3.03. The first-order valence-corrected chi connectivity index (χ1v) is 8.25. The van der Waals surface area contributed by atoms with E-state index in [4.69, 9.17) is 10.5 Å². The molecule has 0 saturated heterocycles. The Morgan fingerprint density at radius 1 is 1.23 bits per heavy atom. The van der Waals surface area contributed by atoms with Crippen molar-refractivity contribution in [2.45, 2.75) is 46.3 Å². The second-order valence-electron chi connectivity index (χ2n) is 7.18. The molecule has 1 heterocycles. The van der Waals surface area contributed by atoms with Gasteiger partial charge in [-0.05, 0) is 52.8 Å². The van der Waals surface area contributed by atoms with Crippen LogP contribution in [0.15, 0.2) is 29.4 Å². The summed E-state index contributed by atoms with van der Waals surface area (Å²) >= 11 is 0. The van der Waals surface area contributed by atoms with Gasteiger partial charge in [-0.2, -0.15) is 0 Å². The molecule has 1 aromatic carbocycles. The Kier molecular flexibility index (Phi) is 5.54. The number of aliphatic imine (C=N–C) groups is 1. The van der Waals surface area contributed by atoms with Gasteiger partial charge in [-0.1, -0.05) is 0 Å². The lowest BCUT2D eigenvalue weighted by molar-refractivity contribution is -0.114. The van der Waals surface area contributed by atoms with Crippen molar-refractivity contribution < 1.29 is 14.3 Å².